The molecule has 2 aromatic carbocycles. The second kappa shape index (κ2) is 9.43. The molecular formula is C24H26N2O3. The third-order valence-corrected chi connectivity index (χ3v) is 5.09. The van der Waals surface area contributed by atoms with Crippen LogP contribution in [0.5, 0.6) is 17.2 Å². The van der Waals surface area contributed by atoms with Gasteiger partial charge in [-0.15, -0.1) is 0 Å². The zero-order valence-electron chi connectivity index (χ0n) is 16.6. The van der Waals surface area contributed by atoms with Crippen molar-refractivity contribution in [1.29, 1.82) is 0 Å². The number of pyridine rings is 1. The number of ether oxygens (including phenoxy) is 3. The second-order valence-corrected chi connectivity index (χ2v) is 7.10. The van der Waals surface area contributed by atoms with Gasteiger partial charge in [-0.25, -0.2) is 0 Å². The van der Waals surface area contributed by atoms with E-state index in [1.54, 1.807) is 13.3 Å². The maximum Gasteiger partial charge on any atom is 0.161 e. The Morgan fingerprint density at radius 2 is 2.00 bits per heavy atom. The lowest BCUT2D eigenvalue weighted by Crippen LogP contribution is -2.20. The third kappa shape index (κ3) is 4.87. The number of hydrogen-bond acceptors (Lipinski definition) is 5. The molecule has 0 bridgehead atoms. The first-order valence-corrected chi connectivity index (χ1v) is 9.97. The molecule has 29 heavy (non-hydrogen) atoms. The van der Waals surface area contributed by atoms with Crippen molar-refractivity contribution < 1.29 is 14.2 Å². The van der Waals surface area contributed by atoms with E-state index in [0.29, 0.717) is 6.61 Å². The quantitative estimate of drug-likeness (QED) is 0.635. The molecule has 1 atom stereocenters. The number of benzene rings is 2. The highest BCUT2D eigenvalue weighted by molar-refractivity contribution is 5.43. The van der Waals surface area contributed by atoms with Crippen LogP contribution in [0.4, 0.5) is 0 Å². The fourth-order valence-corrected chi connectivity index (χ4v) is 3.57. The molecule has 0 radical (unpaired) electrons. The molecule has 1 aliphatic rings. The zero-order valence-corrected chi connectivity index (χ0v) is 16.6. The van der Waals surface area contributed by atoms with Crippen LogP contribution in [0.2, 0.25) is 0 Å². The summed E-state index contributed by atoms with van der Waals surface area (Å²) in [7, 11) is 1.66. The van der Waals surface area contributed by atoms with Gasteiger partial charge in [0, 0.05) is 36.1 Å². The standard InChI is InChI=1S/C24H26N2O3/c1-27-23-11-10-18(14-24(23)29-17-19-6-4-12-25-15-19)16-26-21-8-5-13-28-22-9-3-2-7-20(21)22/h2-4,6-7,9-12,14-15,21,26H,5,8,13,16-17H2,1H3. The van der Waals surface area contributed by atoms with Crippen LogP contribution in [0.25, 0.3) is 0 Å². The number of methoxy groups -OCH3 is 1. The summed E-state index contributed by atoms with van der Waals surface area (Å²) in [5.74, 6) is 2.45. The van der Waals surface area contributed by atoms with Crippen LogP contribution in [-0.4, -0.2) is 18.7 Å². The molecule has 5 heteroatoms. The van der Waals surface area contributed by atoms with Gasteiger partial charge in [0.1, 0.15) is 12.4 Å². The zero-order chi connectivity index (χ0) is 19.9. The first-order valence-electron chi connectivity index (χ1n) is 9.97. The Morgan fingerprint density at radius 1 is 1.07 bits per heavy atom. The van der Waals surface area contributed by atoms with E-state index in [1.165, 1.54) is 5.56 Å². The molecule has 4 rings (SSSR count). The molecule has 0 saturated heterocycles. The predicted molar refractivity (Wildman–Crippen MR) is 112 cm³/mol. The molecule has 2 heterocycles. The van der Waals surface area contributed by atoms with Gasteiger partial charge in [-0.2, -0.15) is 0 Å². The topological polar surface area (TPSA) is 52.6 Å². The number of fused-ring (bicyclic) bond motifs is 1. The van der Waals surface area contributed by atoms with E-state index in [1.807, 2.05) is 42.6 Å². The Balaban J connectivity index is 1.45. The molecule has 1 unspecified atom stereocenters. The molecule has 1 aromatic heterocycles. The Morgan fingerprint density at radius 3 is 2.86 bits per heavy atom. The van der Waals surface area contributed by atoms with Crippen molar-refractivity contribution >= 4 is 0 Å². The van der Waals surface area contributed by atoms with Crippen molar-refractivity contribution in [3.8, 4) is 17.2 Å². The normalized spacial score (nSPS) is 15.7. The molecule has 1 aliphatic heterocycles. The monoisotopic (exact) mass is 390 g/mol. The highest BCUT2D eigenvalue weighted by Crippen LogP contribution is 2.32. The van der Waals surface area contributed by atoms with Gasteiger partial charge in [0.2, 0.25) is 0 Å². The van der Waals surface area contributed by atoms with Crippen molar-refractivity contribution in [3.63, 3.8) is 0 Å². The van der Waals surface area contributed by atoms with Crippen molar-refractivity contribution in [1.82, 2.24) is 10.3 Å². The van der Waals surface area contributed by atoms with Crippen molar-refractivity contribution in [2.24, 2.45) is 0 Å². The van der Waals surface area contributed by atoms with E-state index in [2.05, 4.69) is 28.5 Å². The molecule has 0 spiro atoms. The smallest absolute Gasteiger partial charge is 0.161 e. The number of nitrogens with zero attached hydrogens (tertiary/aromatic N) is 1. The number of rotatable bonds is 7. The van der Waals surface area contributed by atoms with E-state index in [4.69, 9.17) is 14.2 Å². The average Bonchev–Trinajstić information content (AvgIpc) is 2.99. The van der Waals surface area contributed by atoms with Gasteiger partial charge in [-0.1, -0.05) is 30.3 Å². The molecule has 5 nitrogen and oxygen atoms in total. The minimum atomic E-state index is 0.274. The SMILES string of the molecule is COc1ccc(CNC2CCCOc3ccccc32)cc1OCc1cccnc1. The lowest BCUT2D eigenvalue weighted by molar-refractivity contribution is 0.283. The molecule has 0 aliphatic carbocycles. The lowest BCUT2D eigenvalue weighted by Gasteiger charge is -2.19. The van der Waals surface area contributed by atoms with Gasteiger partial charge in [-0.3, -0.25) is 4.98 Å². The first kappa shape index (κ1) is 19.3. The van der Waals surface area contributed by atoms with E-state index >= 15 is 0 Å². The van der Waals surface area contributed by atoms with Crippen LogP contribution in [0.15, 0.2) is 67.0 Å². The predicted octanol–water partition coefficient (Wildman–Crippen LogP) is 4.67. The summed E-state index contributed by atoms with van der Waals surface area (Å²) in [6.07, 6.45) is 5.66. The average molecular weight is 390 g/mol. The maximum atomic E-state index is 6.01. The van der Waals surface area contributed by atoms with Gasteiger partial charge in [-0.05, 0) is 42.7 Å². The van der Waals surface area contributed by atoms with Crippen molar-refractivity contribution in [3.05, 3.63) is 83.7 Å². The van der Waals surface area contributed by atoms with Crippen LogP contribution >= 0.6 is 0 Å². The van der Waals surface area contributed by atoms with E-state index in [9.17, 15) is 0 Å². The van der Waals surface area contributed by atoms with Crippen molar-refractivity contribution in [2.75, 3.05) is 13.7 Å². The summed E-state index contributed by atoms with van der Waals surface area (Å²) in [5.41, 5.74) is 3.40. The summed E-state index contributed by atoms with van der Waals surface area (Å²) in [5, 5.41) is 3.69. The molecule has 3 aromatic rings. The molecular weight excluding hydrogens is 364 g/mol. The Kier molecular flexibility index (Phi) is 6.27. The van der Waals surface area contributed by atoms with Crippen molar-refractivity contribution in [2.45, 2.75) is 32.0 Å². The minimum Gasteiger partial charge on any atom is -0.493 e. The first-order chi connectivity index (χ1) is 14.3. The second-order valence-electron chi connectivity index (χ2n) is 7.10. The van der Waals surface area contributed by atoms with Crippen LogP contribution in [0.3, 0.4) is 0 Å². The van der Waals surface area contributed by atoms with E-state index < -0.39 is 0 Å². The summed E-state index contributed by atoms with van der Waals surface area (Å²) < 4.78 is 17.4. The van der Waals surface area contributed by atoms with Crippen LogP contribution in [0.1, 0.15) is 35.6 Å². The lowest BCUT2D eigenvalue weighted by atomic mass is 10.0. The molecule has 0 amide bonds. The number of para-hydroxylation sites is 1. The third-order valence-electron chi connectivity index (χ3n) is 5.09. The van der Waals surface area contributed by atoms with Crippen LogP contribution < -0.4 is 19.5 Å². The summed E-state index contributed by atoms with van der Waals surface area (Å²) in [6, 6.07) is 18.5. The molecule has 1 N–H and O–H groups in total. The number of nitrogens with one attached hydrogen (secondary N) is 1. The highest BCUT2D eigenvalue weighted by atomic mass is 16.5. The number of hydrogen-bond donors (Lipinski definition) is 1. The summed E-state index contributed by atoms with van der Waals surface area (Å²) >= 11 is 0. The summed E-state index contributed by atoms with van der Waals surface area (Å²) in [4.78, 5) is 4.13. The number of aromatic nitrogens is 1. The Bertz CT molecular complexity index is 930. The molecule has 150 valence electrons. The maximum absolute atomic E-state index is 6.01. The summed E-state index contributed by atoms with van der Waals surface area (Å²) in [6.45, 7) is 1.96. The molecule has 0 fully saturated rings. The molecule has 0 saturated carbocycles. The Labute approximate surface area is 171 Å². The van der Waals surface area contributed by atoms with Gasteiger partial charge in [0.05, 0.1) is 13.7 Å². The van der Waals surface area contributed by atoms with E-state index in [0.717, 1.165) is 54.4 Å². The van der Waals surface area contributed by atoms with Gasteiger partial charge in [0.15, 0.2) is 11.5 Å². The van der Waals surface area contributed by atoms with E-state index in [-0.39, 0.29) is 6.04 Å². The van der Waals surface area contributed by atoms with Crippen LogP contribution in [0, 0.1) is 0 Å². The van der Waals surface area contributed by atoms with Crippen LogP contribution in [-0.2, 0) is 13.2 Å². The van der Waals surface area contributed by atoms with Gasteiger partial charge >= 0.3 is 0 Å². The minimum absolute atomic E-state index is 0.274. The van der Waals surface area contributed by atoms with Gasteiger partial charge < -0.3 is 19.5 Å². The Hall–Kier alpha value is -3.05. The largest absolute Gasteiger partial charge is 0.493 e. The van der Waals surface area contributed by atoms with Gasteiger partial charge in [0.25, 0.3) is 0 Å². The highest BCUT2D eigenvalue weighted by Gasteiger charge is 2.19. The fraction of sp³-hybridized carbons (Fsp3) is 0.292. The fourth-order valence-electron chi connectivity index (χ4n) is 3.57.